The molecule has 2 nitrogen and oxygen atoms in total. The van der Waals surface area contributed by atoms with Crippen LogP contribution in [-0.4, -0.2) is 5.21 Å². The Balaban J connectivity index is 0.000000640. The molecule has 1 aromatic heterocycles. The van der Waals surface area contributed by atoms with E-state index in [2.05, 4.69) is 12.6 Å². The predicted octanol–water partition coefficient (Wildman–Crippen LogP) is 1.14. The van der Waals surface area contributed by atoms with E-state index in [-0.39, 0.29) is 7.43 Å². The third-order valence-electron chi connectivity index (χ3n) is 0.818. The molecule has 0 radical (unpaired) electrons. The quantitative estimate of drug-likeness (QED) is 0.318. The van der Waals surface area contributed by atoms with Gasteiger partial charge in [0.2, 0.25) is 6.20 Å². The first-order chi connectivity index (χ1) is 3.80. The second-order valence-corrected chi connectivity index (χ2v) is 1.86. The van der Waals surface area contributed by atoms with Crippen LogP contribution in [0.2, 0.25) is 0 Å². The fourth-order valence-corrected chi connectivity index (χ4v) is 0.578. The summed E-state index contributed by atoms with van der Waals surface area (Å²) >= 11 is 3.91. The summed E-state index contributed by atoms with van der Waals surface area (Å²) in [6.45, 7) is 0. The van der Waals surface area contributed by atoms with Gasteiger partial charge >= 0.3 is 0 Å². The minimum absolute atomic E-state index is 0. The lowest BCUT2D eigenvalue weighted by atomic mass is 10.5. The Bertz CT molecular complexity index is 169. The molecule has 1 heterocycles. The van der Waals surface area contributed by atoms with Crippen molar-refractivity contribution in [1.82, 2.24) is 0 Å². The van der Waals surface area contributed by atoms with Gasteiger partial charge in [0.15, 0.2) is 0 Å². The molecule has 0 saturated carbocycles. The summed E-state index contributed by atoms with van der Waals surface area (Å²) in [7, 11) is 0. The monoisotopic (exact) mass is 144 g/mol. The molecule has 1 rings (SSSR count). The van der Waals surface area contributed by atoms with Gasteiger partial charge in [0.05, 0.1) is 0 Å². The highest BCUT2D eigenvalue weighted by Crippen LogP contribution is 1.92. The Morgan fingerprint density at radius 3 is 2.44 bits per heavy atom. The van der Waals surface area contributed by atoms with E-state index < -0.39 is 0 Å². The van der Waals surface area contributed by atoms with Crippen LogP contribution < -0.4 is 4.73 Å². The summed E-state index contributed by atoms with van der Waals surface area (Å²) in [5.74, 6) is 0. The SMILES string of the molecule is C.O[n+]1ccccc1S. The first-order valence-corrected chi connectivity index (χ1v) is 2.64. The van der Waals surface area contributed by atoms with Gasteiger partial charge < -0.3 is 0 Å². The summed E-state index contributed by atoms with van der Waals surface area (Å²) in [6, 6.07) is 5.22. The zero-order valence-electron chi connectivity index (χ0n) is 4.15. The van der Waals surface area contributed by atoms with Crippen molar-refractivity contribution in [2.24, 2.45) is 0 Å². The fraction of sp³-hybridized carbons (Fsp3) is 0.167. The van der Waals surface area contributed by atoms with E-state index in [1.165, 1.54) is 6.20 Å². The lowest BCUT2D eigenvalue weighted by Crippen LogP contribution is -2.30. The number of thiol groups is 1. The van der Waals surface area contributed by atoms with E-state index in [0.717, 1.165) is 4.73 Å². The predicted molar refractivity (Wildman–Crippen MR) is 37.8 cm³/mol. The summed E-state index contributed by atoms with van der Waals surface area (Å²) in [4.78, 5) is 0. The molecule has 0 aromatic carbocycles. The van der Waals surface area contributed by atoms with Crippen LogP contribution in [0.4, 0.5) is 0 Å². The van der Waals surface area contributed by atoms with Crippen LogP contribution in [-0.2, 0) is 0 Å². The summed E-state index contributed by atoms with van der Waals surface area (Å²) in [6.07, 6.45) is 1.52. The highest BCUT2D eigenvalue weighted by Gasteiger charge is 1.97. The van der Waals surface area contributed by atoms with Crippen molar-refractivity contribution in [2.45, 2.75) is 12.5 Å². The van der Waals surface area contributed by atoms with Gasteiger partial charge in [-0.05, 0) is 6.07 Å². The van der Waals surface area contributed by atoms with Crippen LogP contribution in [0, 0.1) is 0 Å². The Kier molecular flexibility index (Phi) is 3.09. The summed E-state index contributed by atoms with van der Waals surface area (Å²) < 4.78 is 0.948. The van der Waals surface area contributed by atoms with Crippen LogP contribution >= 0.6 is 12.6 Å². The molecule has 9 heavy (non-hydrogen) atoms. The van der Waals surface area contributed by atoms with Crippen LogP contribution in [0.1, 0.15) is 7.43 Å². The molecule has 0 amide bonds. The zero-order chi connectivity index (χ0) is 5.98. The Hall–Kier alpha value is -0.700. The zero-order valence-corrected chi connectivity index (χ0v) is 5.05. The molecule has 0 spiro atoms. The highest BCUT2D eigenvalue weighted by atomic mass is 32.1. The first-order valence-electron chi connectivity index (χ1n) is 2.19. The minimum atomic E-state index is 0. The molecule has 0 bridgehead atoms. The second-order valence-electron chi connectivity index (χ2n) is 1.40. The van der Waals surface area contributed by atoms with E-state index in [0.29, 0.717) is 5.03 Å². The molecule has 0 aliphatic heterocycles. The summed E-state index contributed by atoms with van der Waals surface area (Å²) in [5, 5.41) is 9.29. The van der Waals surface area contributed by atoms with Gasteiger partial charge in [0.25, 0.3) is 5.03 Å². The topological polar surface area (TPSA) is 24.1 Å². The summed E-state index contributed by atoms with van der Waals surface area (Å²) in [5.41, 5.74) is 0. The molecule has 0 aliphatic carbocycles. The third-order valence-corrected chi connectivity index (χ3v) is 1.17. The number of hydrogen-bond acceptors (Lipinski definition) is 2. The maximum Gasteiger partial charge on any atom is 0.287 e. The molecule has 0 aliphatic rings. The molecular formula is C6H10NOS+. The minimum Gasteiger partial charge on any atom is -0.284 e. The number of nitrogens with zero attached hydrogens (tertiary/aromatic N) is 1. The molecule has 50 valence electrons. The molecule has 0 atom stereocenters. The largest absolute Gasteiger partial charge is 0.287 e. The van der Waals surface area contributed by atoms with Gasteiger partial charge in [-0.1, -0.05) is 20.1 Å². The van der Waals surface area contributed by atoms with Crippen molar-refractivity contribution < 1.29 is 9.94 Å². The van der Waals surface area contributed by atoms with Crippen LogP contribution in [0.5, 0.6) is 0 Å². The average molecular weight is 144 g/mol. The van der Waals surface area contributed by atoms with Crippen LogP contribution in [0.25, 0.3) is 0 Å². The molecule has 0 fully saturated rings. The van der Waals surface area contributed by atoms with Gasteiger partial charge in [-0.25, -0.2) is 0 Å². The molecule has 1 aromatic rings. The molecular weight excluding hydrogens is 134 g/mol. The third kappa shape index (κ3) is 1.93. The smallest absolute Gasteiger partial charge is 0.284 e. The number of aromatic nitrogens is 1. The van der Waals surface area contributed by atoms with Crippen LogP contribution in [0.3, 0.4) is 0 Å². The van der Waals surface area contributed by atoms with E-state index in [4.69, 9.17) is 5.21 Å². The van der Waals surface area contributed by atoms with Gasteiger partial charge in [-0.2, -0.15) is 0 Å². The van der Waals surface area contributed by atoms with Gasteiger partial charge in [0, 0.05) is 16.9 Å². The standard InChI is InChI=1S/C5H5NOS.CH4/c7-6-4-2-1-3-5(6)8;/h1-4,7H;1H4/p+1. The average Bonchev–Trinajstić information content (AvgIpc) is 1.77. The Morgan fingerprint density at radius 1 is 1.44 bits per heavy atom. The maximum atomic E-state index is 8.76. The molecule has 1 N–H and O–H groups in total. The van der Waals surface area contributed by atoms with Crippen molar-refractivity contribution in [1.29, 1.82) is 0 Å². The Morgan fingerprint density at radius 2 is 2.11 bits per heavy atom. The second kappa shape index (κ2) is 3.35. The van der Waals surface area contributed by atoms with Crippen molar-refractivity contribution >= 4 is 12.6 Å². The normalized spacial score (nSPS) is 8.11. The van der Waals surface area contributed by atoms with Crippen molar-refractivity contribution in [3.8, 4) is 0 Å². The van der Waals surface area contributed by atoms with Crippen LogP contribution in [0.15, 0.2) is 29.4 Å². The van der Waals surface area contributed by atoms with Gasteiger partial charge in [-0.3, -0.25) is 5.21 Å². The Labute approximate surface area is 60.1 Å². The highest BCUT2D eigenvalue weighted by molar-refractivity contribution is 7.80. The number of pyridine rings is 1. The van der Waals surface area contributed by atoms with E-state index in [1.807, 2.05) is 0 Å². The van der Waals surface area contributed by atoms with Gasteiger partial charge in [0.1, 0.15) is 0 Å². The number of rotatable bonds is 0. The molecule has 0 saturated heterocycles. The fourth-order valence-electron chi connectivity index (χ4n) is 0.426. The maximum absolute atomic E-state index is 8.76. The van der Waals surface area contributed by atoms with Gasteiger partial charge in [-0.15, -0.1) is 0 Å². The van der Waals surface area contributed by atoms with E-state index in [1.54, 1.807) is 18.2 Å². The molecule has 3 heteroatoms. The molecule has 0 unspecified atom stereocenters. The number of hydrogen-bond donors (Lipinski definition) is 2. The van der Waals surface area contributed by atoms with E-state index >= 15 is 0 Å². The lowest BCUT2D eigenvalue weighted by molar-refractivity contribution is -0.932. The van der Waals surface area contributed by atoms with Crippen molar-refractivity contribution in [3.63, 3.8) is 0 Å². The lowest BCUT2D eigenvalue weighted by Gasteiger charge is -1.82. The van der Waals surface area contributed by atoms with Crippen molar-refractivity contribution in [2.75, 3.05) is 0 Å². The first kappa shape index (κ1) is 8.30. The van der Waals surface area contributed by atoms with Crippen molar-refractivity contribution in [3.05, 3.63) is 24.4 Å². The van der Waals surface area contributed by atoms with E-state index in [9.17, 15) is 0 Å².